The van der Waals surface area contributed by atoms with Gasteiger partial charge in [-0.15, -0.1) is 0 Å². The highest BCUT2D eigenvalue weighted by atomic mass is 79.9. The maximum Gasteiger partial charge on any atom is 0.410 e. The first-order valence-electron chi connectivity index (χ1n) is 7.47. The van der Waals surface area contributed by atoms with Crippen LogP contribution < -0.4 is 4.74 Å². The molecular weight excluding hydrogens is 362 g/mol. The minimum Gasteiger partial charge on any atom is -0.495 e. The van der Waals surface area contributed by atoms with Gasteiger partial charge >= 0.3 is 6.09 Å². The Morgan fingerprint density at radius 1 is 1.35 bits per heavy atom. The monoisotopic (exact) mass is 381 g/mol. The number of methoxy groups -OCH3 is 1. The highest BCUT2D eigenvalue weighted by Crippen LogP contribution is 2.33. The second-order valence-electron chi connectivity index (χ2n) is 6.67. The zero-order valence-electron chi connectivity index (χ0n) is 13.7. The summed E-state index contributed by atoms with van der Waals surface area (Å²) in [6, 6.07) is 4.11. The summed E-state index contributed by atoms with van der Waals surface area (Å²) in [5, 5.41) is 5.50. The van der Waals surface area contributed by atoms with Crippen molar-refractivity contribution in [3.05, 3.63) is 22.8 Å². The van der Waals surface area contributed by atoms with Gasteiger partial charge in [-0.2, -0.15) is 5.10 Å². The molecule has 2 aromatic rings. The summed E-state index contributed by atoms with van der Waals surface area (Å²) in [7, 11) is 1.64. The second-order valence-corrected chi connectivity index (χ2v) is 7.53. The Hall–Kier alpha value is -1.76. The van der Waals surface area contributed by atoms with E-state index in [-0.39, 0.29) is 12.1 Å². The molecule has 0 N–H and O–H groups in total. The number of halogens is 1. The zero-order chi connectivity index (χ0) is 16.8. The lowest BCUT2D eigenvalue weighted by atomic mass is 10.1. The van der Waals surface area contributed by atoms with Gasteiger partial charge in [0.15, 0.2) is 0 Å². The molecule has 1 aromatic heterocycles. The van der Waals surface area contributed by atoms with Crippen molar-refractivity contribution in [2.24, 2.45) is 0 Å². The summed E-state index contributed by atoms with van der Waals surface area (Å²) in [5.74, 6) is 0.766. The lowest BCUT2D eigenvalue weighted by molar-refractivity contribution is 0.000155. The lowest BCUT2D eigenvalue weighted by Gasteiger charge is -2.39. The number of carbonyl (C=O) groups excluding carboxylic acids is 1. The Labute approximate surface area is 143 Å². The van der Waals surface area contributed by atoms with Crippen LogP contribution in [-0.2, 0) is 4.74 Å². The minimum absolute atomic E-state index is 0.158. The van der Waals surface area contributed by atoms with E-state index >= 15 is 0 Å². The normalized spacial score (nSPS) is 15.6. The number of amides is 1. The van der Waals surface area contributed by atoms with Crippen molar-refractivity contribution in [2.75, 3.05) is 20.2 Å². The van der Waals surface area contributed by atoms with E-state index in [1.165, 1.54) is 0 Å². The highest BCUT2D eigenvalue weighted by Gasteiger charge is 2.35. The van der Waals surface area contributed by atoms with Crippen LogP contribution in [0, 0.1) is 0 Å². The summed E-state index contributed by atoms with van der Waals surface area (Å²) in [6.45, 7) is 6.81. The van der Waals surface area contributed by atoms with Gasteiger partial charge in [0.2, 0.25) is 0 Å². The number of ether oxygens (including phenoxy) is 2. The van der Waals surface area contributed by atoms with Crippen molar-refractivity contribution in [1.29, 1.82) is 0 Å². The van der Waals surface area contributed by atoms with E-state index in [0.717, 1.165) is 21.1 Å². The summed E-state index contributed by atoms with van der Waals surface area (Å²) >= 11 is 3.48. The summed E-state index contributed by atoms with van der Waals surface area (Å²) in [6.07, 6.45) is 1.56. The molecule has 23 heavy (non-hydrogen) atoms. The quantitative estimate of drug-likeness (QED) is 0.797. The number of fused-ring (bicyclic) bond motifs is 1. The molecule has 1 amide bonds. The van der Waals surface area contributed by atoms with E-state index in [4.69, 9.17) is 9.47 Å². The molecule has 0 unspecified atom stereocenters. The average Bonchev–Trinajstić information content (AvgIpc) is 2.76. The van der Waals surface area contributed by atoms with Gasteiger partial charge in [-0.25, -0.2) is 4.79 Å². The number of benzene rings is 1. The number of nitrogens with zero attached hydrogens (tertiary/aromatic N) is 3. The predicted octanol–water partition coefficient (Wildman–Crippen LogP) is 3.60. The van der Waals surface area contributed by atoms with E-state index in [2.05, 4.69) is 21.0 Å². The number of rotatable bonds is 2. The molecule has 0 saturated carbocycles. The molecule has 2 heterocycles. The number of carbonyl (C=O) groups is 1. The molecule has 0 spiro atoms. The fraction of sp³-hybridized carbons (Fsp3) is 0.500. The van der Waals surface area contributed by atoms with E-state index in [9.17, 15) is 4.79 Å². The van der Waals surface area contributed by atoms with Crippen LogP contribution in [0.5, 0.6) is 5.75 Å². The summed E-state index contributed by atoms with van der Waals surface area (Å²) < 4.78 is 13.6. The number of hydrogen-bond acceptors (Lipinski definition) is 4. The molecule has 0 atom stereocenters. The molecular formula is C16H20BrN3O3. The van der Waals surface area contributed by atoms with E-state index in [0.29, 0.717) is 13.1 Å². The predicted molar refractivity (Wildman–Crippen MR) is 90.8 cm³/mol. The third kappa shape index (κ3) is 3.15. The largest absolute Gasteiger partial charge is 0.495 e. The van der Waals surface area contributed by atoms with Crippen molar-refractivity contribution >= 4 is 32.9 Å². The molecule has 3 rings (SSSR count). The first kappa shape index (κ1) is 16.1. The molecule has 6 nitrogen and oxygen atoms in total. The van der Waals surface area contributed by atoms with Gasteiger partial charge in [0.25, 0.3) is 0 Å². The SMILES string of the molecule is COc1cc2c(cnn2C2CN(C(=O)OC(C)(C)C)C2)cc1Br. The molecule has 1 saturated heterocycles. The van der Waals surface area contributed by atoms with Crippen LogP contribution >= 0.6 is 15.9 Å². The number of likely N-dealkylation sites (tertiary alicyclic amines) is 1. The Balaban J connectivity index is 1.75. The van der Waals surface area contributed by atoms with Gasteiger partial charge in [-0.05, 0) is 42.8 Å². The molecule has 1 aliphatic heterocycles. The van der Waals surface area contributed by atoms with Crippen LogP contribution in [0.25, 0.3) is 10.9 Å². The molecule has 0 aliphatic carbocycles. The molecule has 0 bridgehead atoms. The average molecular weight is 382 g/mol. The second kappa shape index (κ2) is 5.70. The van der Waals surface area contributed by atoms with Crippen LogP contribution in [0.2, 0.25) is 0 Å². The van der Waals surface area contributed by atoms with Crippen molar-refractivity contribution in [2.45, 2.75) is 32.4 Å². The van der Waals surface area contributed by atoms with Gasteiger partial charge in [-0.1, -0.05) is 0 Å². The van der Waals surface area contributed by atoms with Crippen LogP contribution in [0.1, 0.15) is 26.8 Å². The lowest BCUT2D eigenvalue weighted by Crippen LogP contribution is -2.52. The smallest absolute Gasteiger partial charge is 0.410 e. The fourth-order valence-corrected chi connectivity index (χ4v) is 3.10. The van der Waals surface area contributed by atoms with Crippen molar-refractivity contribution in [3.63, 3.8) is 0 Å². The van der Waals surface area contributed by atoms with Gasteiger partial charge in [0.05, 0.1) is 29.3 Å². The van der Waals surface area contributed by atoms with Crippen LogP contribution in [0.3, 0.4) is 0 Å². The number of hydrogen-bond donors (Lipinski definition) is 0. The Kier molecular flexibility index (Phi) is 4.00. The molecule has 1 fully saturated rings. The summed E-state index contributed by atoms with van der Waals surface area (Å²) in [5.41, 5.74) is 0.527. The highest BCUT2D eigenvalue weighted by molar-refractivity contribution is 9.10. The third-order valence-corrected chi connectivity index (χ3v) is 4.35. The topological polar surface area (TPSA) is 56.6 Å². The Bertz CT molecular complexity index is 745. The third-order valence-electron chi connectivity index (χ3n) is 3.73. The van der Waals surface area contributed by atoms with Crippen LogP contribution in [0.4, 0.5) is 4.79 Å². The van der Waals surface area contributed by atoms with Crippen molar-refractivity contribution in [3.8, 4) is 5.75 Å². The first-order valence-corrected chi connectivity index (χ1v) is 8.26. The van der Waals surface area contributed by atoms with Crippen molar-refractivity contribution < 1.29 is 14.3 Å². The van der Waals surface area contributed by atoms with Gasteiger partial charge in [0.1, 0.15) is 11.4 Å². The first-order chi connectivity index (χ1) is 10.8. The maximum atomic E-state index is 12.0. The Morgan fingerprint density at radius 3 is 2.65 bits per heavy atom. The number of aromatic nitrogens is 2. The van der Waals surface area contributed by atoms with E-state index < -0.39 is 5.60 Å². The van der Waals surface area contributed by atoms with E-state index in [1.807, 2.05) is 43.8 Å². The van der Waals surface area contributed by atoms with E-state index in [1.54, 1.807) is 12.0 Å². The maximum absolute atomic E-state index is 12.0. The molecule has 124 valence electrons. The zero-order valence-corrected chi connectivity index (χ0v) is 15.3. The van der Waals surface area contributed by atoms with Gasteiger partial charge in [-0.3, -0.25) is 4.68 Å². The van der Waals surface area contributed by atoms with Gasteiger partial charge < -0.3 is 14.4 Å². The fourth-order valence-electron chi connectivity index (χ4n) is 2.58. The standard InChI is InChI=1S/C16H20BrN3O3/c1-16(2,3)23-15(21)19-8-11(9-19)20-13-6-14(22-4)12(17)5-10(13)7-18-20/h5-7,11H,8-9H2,1-4H3. The minimum atomic E-state index is -0.472. The molecule has 0 radical (unpaired) electrons. The van der Waals surface area contributed by atoms with Crippen LogP contribution in [0.15, 0.2) is 22.8 Å². The van der Waals surface area contributed by atoms with Crippen molar-refractivity contribution in [1.82, 2.24) is 14.7 Å². The summed E-state index contributed by atoms with van der Waals surface area (Å²) in [4.78, 5) is 13.7. The Morgan fingerprint density at radius 2 is 2.04 bits per heavy atom. The molecule has 1 aromatic carbocycles. The molecule has 1 aliphatic rings. The molecule has 7 heteroatoms. The van der Waals surface area contributed by atoms with Gasteiger partial charge in [0, 0.05) is 24.5 Å². The van der Waals surface area contributed by atoms with Crippen LogP contribution in [-0.4, -0.2) is 46.6 Å².